The van der Waals surface area contributed by atoms with Gasteiger partial charge in [-0.1, -0.05) is 36.0 Å². The van der Waals surface area contributed by atoms with Crippen LogP contribution in [-0.4, -0.2) is 15.0 Å². The number of halogens is 1. The second kappa shape index (κ2) is 7.58. The molecular weight excluding hydrogens is 349 g/mol. The molecule has 0 spiro atoms. The third kappa shape index (κ3) is 4.03. The van der Waals surface area contributed by atoms with Crippen molar-refractivity contribution in [1.82, 2.24) is 15.0 Å². The lowest BCUT2D eigenvalue weighted by Crippen LogP contribution is -1.97. The standard InChI is InChI=1S/C20H16FN3OS/c21-15-7-5-14(6-8-15)12-25-17-9-10-22-16(11-17)13-26-20-23-18-3-1-2-4-19(18)24-20/h1-11H,12-13H2,(H,23,24). The van der Waals surface area contributed by atoms with Crippen LogP contribution in [0.25, 0.3) is 11.0 Å². The number of hydrogen-bond donors (Lipinski definition) is 1. The van der Waals surface area contributed by atoms with E-state index in [0.29, 0.717) is 12.4 Å². The highest BCUT2D eigenvalue weighted by molar-refractivity contribution is 7.98. The van der Waals surface area contributed by atoms with Crippen LogP contribution in [-0.2, 0) is 12.4 Å². The van der Waals surface area contributed by atoms with Crippen molar-refractivity contribution < 1.29 is 9.13 Å². The predicted molar refractivity (Wildman–Crippen MR) is 101 cm³/mol. The molecule has 6 heteroatoms. The van der Waals surface area contributed by atoms with Gasteiger partial charge in [-0.15, -0.1) is 0 Å². The van der Waals surface area contributed by atoms with Crippen LogP contribution < -0.4 is 4.74 Å². The first-order valence-electron chi connectivity index (χ1n) is 8.16. The lowest BCUT2D eigenvalue weighted by Gasteiger charge is -2.07. The first-order chi connectivity index (χ1) is 12.8. The fraction of sp³-hybridized carbons (Fsp3) is 0.100. The zero-order chi connectivity index (χ0) is 17.8. The summed E-state index contributed by atoms with van der Waals surface area (Å²) in [7, 11) is 0. The number of thioether (sulfide) groups is 1. The van der Waals surface area contributed by atoms with Gasteiger partial charge in [-0.2, -0.15) is 0 Å². The van der Waals surface area contributed by atoms with E-state index in [9.17, 15) is 4.39 Å². The van der Waals surface area contributed by atoms with Crippen LogP contribution in [0.4, 0.5) is 4.39 Å². The summed E-state index contributed by atoms with van der Waals surface area (Å²) in [4.78, 5) is 12.2. The van der Waals surface area contributed by atoms with Gasteiger partial charge in [-0.3, -0.25) is 4.98 Å². The van der Waals surface area contributed by atoms with Crippen LogP contribution in [0.1, 0.15) is 11.3 Å². The molecule has 2 heterocycles. The number of rotatable bonds is 6. The molecular formula is C20H16FN3OS. The largest absolute Gasteiger partial charge is 0.489 e. The molecule has 4 aromatic rings. The van der Waals surface area contributed by atoms with Gasteiger partial charge in [0.25, 0.3) is 0 Å². The number of imidazole rings is 1. The van der Waals surface area contributed by atoms with Crippen LogP contribution in [0.5, 0.6) is 5.75 Å². The monoisotopic (exact) mass is 365 g/mol. The Labute approximate surface area is 154 Å². The summed E-state index contributed by atoms with van der Waals surface area (Å²) in [6.07, 6.45) is 1.73. The molecule has 0 atom stereocenters. The molecule has 1 N–H and O–H groups in total. The van der Waals surface area contributed by atoms with Gasteiger partial charge in [-0.25, -0.2) is 9.37 Å². The van der Waals surface area contributed by atoms with Crippen molar-refractivity contribution in [3.05, 3.63) is 83.9 Å². The van der Waals surface area contributed by atoms with E-state index in [0.717, 1.165) is 33.2 Å². The number of pyridine rings is 1. The van der Waals surface area contributed by atoms with Crippen LogP contribution in [0.3, 0.4) is 0 Å². The molecule has 0 fully saturated rings. The molecule has 0 aliphatic heterocycles. The van der Waals surface area contributed by atoms with Crippen molar-refractivity contribution in [3.63, 3.8) is 0 Å². The highest BCUT2D eigenvalue weighted by Crippen LogP contribution is 2.24. The minimum atomic E-state index is -0.248. The highest BCUT2D eigenvalue weighted by atomic mass is 32.2. The highest BCUT2D eigenvalue weighted by Gasteiger charge is 2.05. The number of aromatic amines is 1. The number of fused-ring (bicyclic) bond motifs is 1. The average molecular weight is 365 g/mol. The molecule has 0 saturated carbocycles. The molecule has 4 nitrogen and oxygen atoms in total. The van der Waals surface area contributed by atoms with Crippen LogP contribution in [0.2, 0.25) is 0 Å². The molecule has 130 valence electrons. The minimum absolute atomic E-state index is 0.248. The lowest BCUT2D eigenvalue weighted by atomic mass is 10.2. The third-order valence-electron chi connectivity index (χ3n) is 3.83. The fourth-order valence-corrected chi connectivity index (χ4v) is 3.30. The summed E-state index contributed by atoms with van der Waals surface area (Å²) in [5.41, 5.74) is 3.81. The van der Waals surface area contributed by atoms with E-state index < -0.39 is 0 Å². The quantitative estimate of drug-likeness (QED) is 0.490. The first-order valence-corrected chi connectivity index (χ1v) is 9.14. The summed E-state index contributed by atoms with van der Waals surface area (Å²) < 4.78 is 18.7. The van der Waals surface area contributed by atoms with Crippen molar-refractivity contribution in [3.8, 4) is 5.75 Å². The van der Waals surface area contributed by atoms with Gasteiger partial charge in [0.15, 0.2) is 5.16 Å². The molecule has 4 rings (SSSR count). The van der Waals surface area contributed by atoms with Crippen LogP contribution in [0.15, 0.2) is 72.0 Å². The lowest BCUT2D eigenvalue weighted by molar-refractivity contribution is 0.305. The molecule has 0 bridgehead atoms. The van der Waals surface area contributed by atoms with Crippen molar-refractivity contribution in [2.75, 3.05) is 0 Å². The molecule has 0 amide bonds. The molecule has 0 unspecified atom stereocenters. The van der Waals surface area contributed by atoms with E-state index in [4.69, 9.17) is 4.74 Å². The Kier molecular flexibility index (Phi) is 4.84. The maximum Gasteiger partial charge on any atom is 0.166 e. The van der Waals surface area contributed by atoms with Gasteiger partial charge in [0.2, 0.25) is 0 Å². The predicted octanol–water partition coefficient (Wildman–Crippen LogP) is 4.97. The second-order valence-electron chi connectivity index (χ2n) is 5.75. The maximum atomic E-state index is 12.9. The Hall–Kier alpha value is -2.86. The van der Waals surface area contributed by atoms with Crippen molar-refractivity contribution in [2.24, 2.45) is 0 Å². The summed E-state index contributed by atoms with van der Waals surface area (Å²) in [6, 6.07) is 18.0. The molecule has 2 aromatic heterocycles. The van der Waals surface area contributed by atoms with Gasteiger partial charge in [-0.05, 0) is 35.9 Å². The fourth-order valence-electron chi connectivity index (χ4n) is 2.51. The summed E-state index contributed by atoms with van der Waals surface area (Å²) in [6.45, 7) is 0.389. The number of aromatic nitrogens is 3. The number of ether oxygens (including phenoxy) is 1. The Morgan fingerprint density at radius 3 is 2.73 bits per heavy atom. The number of para-hydroxylation sites is 2. The van der Waals surface area contributed by atoms with Crippen LogP contribution in [0, 0.1) is 5.82 Å². The van der Waals surface area contributed by atoms with E-state index in [-0.39, 0.29) is 5.82 Å². The number of benzene rings is 2. The summed E-state index contributed by atoms with van der Waals surface area (Å²) >= 11 is 1.60. The zero-order valence-electron chi connectivity index (χ0n) is 13.9. The van der Waals surface area contributed by atoms with Gasteiger partial charge in [0, 0.05) is 18.0 Å². The SMILES string of the molecule is Fc1ccc(COc2ccnc(CSc3nc4ccccc4[nH]3)c2)cc1. The number of nitrogens with one attached hydrogen (secondary N) is 1. The van der Waals surface area contributed by atoms with Gasteiger partial charge in [0.05, 0.1) is 16.7 Å². The third-order valence-corrected chi connectivity index (χ3v) is 4.74. The van der Waals surface area contributed by atoms with Crippen molar-refractivity contribution in [2.45, 2.75) is 17.5 Å². The second-order valence-corrected chi connectivity index (χ2v) is 6.71. The topological polar surface area (TPSA) is 50.8 Å². The van der Waals surface area contributed by atoms with E-state index in [2.05, 4.69) is 15.0 Å². The van der Waals surface area contributed by atoms with E-state index in [1.165, 1.54) is 12.1 Å². The minimum Gasteiger partial charge on any atom is -0.489 e. The number of nitrogens with zero attached hydrogens (tertiary/aromatic N) is 2. The van der Waals surface area contributed by atoms with Gasteiger partial charge >= 0.3 is 0 Å². The van der Waals surface area contributed by atoms with Gasteiger partial charge in [0.1, 0.15) is 18.2 Å². The van der Waals surface area contributed by atoms with Crippen molar-refractivity contribution >= 4 is 22.8 Å². The average Bonchev–Trinajstić information content (AvgIpc) is 3.09. The summed E-state index contributed by atoms with van der Waals surface area (Å²) in [5.74, 6) is 1.18. The smallest absolute Gasteiger partial charge is 0.166 e. The van der Waals surface area contributed by atoms with Crippen molar-refractivity contribution in [1.29, 1.82) is 0 Å². The van der Waals surface area contributed by atoms with Gasteiger partial charge < -0.3 is 9.72 Å². The molecule has 0 aliphatic rings. The number of H-pyrrole nitrogens is 1. The normalized spacial score (nSPS) is 11.0. The Morgan fingerprint density at radius 2 is 1.88 bits per heavy atom. The molecule has 0 aliphatic carbocycles. The van der Waals surface area contributed by atoms with E-state index in [1.807, 2.05) is 36.4 Å². The molecule has 0 radical (unpaired) electrons. The van der Waals surface area contributed by atoms with Crippen LogP contribution >= 0.6 is 11.8 Å². The Balaban J connectivity index is 1.38. The zero-order valence-corrected chi connectivity index (χ0v) is 14.7. The Bertz CT molecular complexity index is 984. The molecule has 0 saturated heterocycles. The molecule has 26 heavy (non-hydrogen) atoms. The molecule has 2 aromatic carbocycles. The number of hydrogen-bond acceptors (Lipinski definition) is 4. The Morgan fingerprint density at radius 1 is 1.04 bits per heavy atom. The van der Waals surface area contributed by atoms with E-state index in [1.54, 1.807) is 30.1 Å². The van der Waals surface area contributed by atoms with E-state index >= 15 is 0 Å². The maximum absolute atomic E-state index is 12.9. The summed E-state index contributed by atoms with van der Waals surface area (Å²) in [5, 5.41) is 0.866. The first kappa shape index (κ1) is 16.6.